The molecule has 1 N–H and O–H groups in total. The van der Waals surface area contributed by atoms with Crippen LogP contribution in [-0.2, 0) is 26.5 Å². The first-order chi connectivity index (χ1) is 12.9. The minimum Gasteiger partial charge on any atom is -0.342 e. The smallest absolute Gasteiger partial charge is 0.254 e. The van der Waals surface area contributed by atoms with E-state index in [9.17, 15) is 18.0 Å². The van der Waals surface area contributed by atoms with Gasteiger partial charge in [0.2, 0.25) is 5.91 Å². The Labute approximate surface area is 158 Å². The van der Waals surface area contributed by atoms with Crippen LogP contribution < -0.4 is 5.56 Å². The molecule has 0 bridgehead atoms. The Hall–Kier alpha value is -1.70. The molecule has 2 aliphatic heterocycles. The predicted molar refractivity (Wildman–Crippen MR) is 99.4 cm³/mol. The number of nitrogens with zero attached hydrogens (tertiary/aromatic N) is 2. The largest absolute Gasteiger partial charge is 0.342 e. The Balaban J connectivity index is 1.34. The maximum Gasteiger partial charge on any atom is 0.254 e. The normalized spacial score (nSPS) is 28.4. The highest BCUT2D eigenvalue weighted by atomic mass is 32.2. The lowest BCUT2D eigenvalue weighted by molar-refractivity contribution is -0.136. The molecule has 3 fully saturated rings. The Morgan fingerprint density at radius 1 is 1.15 bits per heavy atom. The van der Waals surface area contributed by atoms with Gasteiger partial charge in [0.05, 0.1) is 23.1 Å². The number of hydrogen-bond donors (Lipinski definition) is 1. The number of likely N-dealkylation sites (tertiary alicyclic amines) is 1. The van der Waals surface area contributed by atoms with Crippen molar-refractivity contribution in [1.29, 1.82) is 0 Å². The van der Waals surface area contributed by atoms with Crippen molar-refractivity contribution in [3.63, 3.8) is 0 Å². The molecular weight excluding hydrogens is 366 g/mol. The monoisotopic (exact) mass is 391 g/mol. The van der Waals surface area contributed by atoms with Gasteiger partial charge in [-0.15, -0.1) is 0 Å². The summed E-state index contributed by atoms with van der Waals surface area (Å²) in [6.45, 7) is 1.25. The van der Waals surface area contributed by atoms with Gasteiger partial charge < -0.3 is 9.88 Å². The third kappa shape index (κ3) is 2.92. The summed E-state index contributed by atoms with van der Waals surface area (Å²) in [7, 11) is -3.05. The highest BCUT2D eigenvalue weighted by Gasteiger charge is 2.46. The summed E-state index contributed by atoms with van der Waals surface area (Å²) >= 11 is 0. The molecule has 1 saturated carbocycles. The number of carbonyl (C=O) groups excluding carboxylic acids is 1. The fourth-order valence-electron chi connectivity index (χ4n) is 5.11. The molecule has 0 radical (unpaired) electrons. The van der Waals surface area contributed by atoms with Crippen molar-refractivity contribution in [2.45, 2.75) is 56.3 Å². The topological polar surface area (TPSA) is 100 Å². The van der Waals surface area contributed by atoms with Crippen molar-refractivity contribution < 1.29 is 13.2 Å². The number of hydrogen-bond acceptors (Lipinski definition) is 5. The number of fused-ring (bicyclic) bond motifs is 2. The molecule has 1 aromatic heterocycles. The van der Waals surface area contributed by atoms with E-state index in [1.54, 1.807) is 0 Å². The van der Waals surface area contributed by atoms with Crippen LogP contribution in [0.1, 0.15) is 61.5 Å². The maximum absolute atomic E-state index is 12.7. The van der Waals surface area contributed by atoms with E-state index in [1.807, 2.05) is 4.90 Å². The molecule has 1 spiro atoms. The number of nitrogens with one attached hydrogen (secondary N) is 1. The summed E-state index contributed by atoms with van der Waals surface area (Å²) in [5, 5.41) is 0. The number of aromatic amines is 1. The Morgan fingerprint density at radius 2 is 1.89 bits per heavy atom. The van der Waals surface area contributed by atoms with Crippen molar-refractivity contribution in [1.82, 2.24) is 14.9 Å². The number of aromatic nitrogens is 2. The standard InChI is InChI=1S/C19H25N3O4S/c23-17-14-3-5-19(15(14)20-16(21-17)12-1-2-12)6-8-22(9-7-19)18(24)13-4-10-27(25,26)11-13/h12-13H,1-11H2,(H,20,21,23). The Kier molecular flexibility index (Phi) is 3.80. The van der Waals surface area contributed by atoms with Gasteiger partial charge in [-0.2, -0.15) is 0 Å². The number of sulfone groups is 1. The first-order valence-corrected chi connectivity index (χ1v) is 11.8. The van der Waals surface area contributed by atoms with Crippen molar-refractivity contribution in [3.05, 3.63) is 27.4 Å². The molecular formula is C19H25N3O4S. The van der Waals surface area contributed by atoms with Crippen LogP contribution in [0, 0.1) is 5.92 Å². The fourth-order valence-corrected chi connectivity index (χ4v) is 6.84. The molecule has 27 heavy (non-hydrogen) atoms. The van der Waals surface area contributed by atoms with Crippen LogP contribution in [0.4, 0.5) is 0 Å². The van der Waals surface area contributed by atoms with Crippen LogP contribution >= 0.6 is 0 Å². The SMILES string of the molecule is O=C(C1CCS(=O)(=O)C1)N1CCC2(CCc3c2nc(C2CC2)[nH]c3=O)CC1. The van der Waals surface area contributed by atoms with Crippen LogP contribution in [0.2, 0.25) is 0 Å². The summed E-state index contributed by atoms with van der Waals surface area (Å²) in [6.07, 6.45) is 5.96. The summed E-state index contributed by atoms with van der Waals surface area (Å²) < 4.78 is 23.4. The number of piperidine rings is 1. The van der Waals surface area contributed by atoms with Gasteiger partial charge in [-0.3, -0.25) is 9.59 Å². The zero-order valence-corrected chi connectivity index (χ0v) is 16.2. The molecule has 8 heteroatoms. The molecule has 1 atom stereocenters. The predicted octanol–water partition coefficient (Wildman–Crippen LogP) is 0.888. The number of rotatable bonds is 2. The lowest BCUT2D eigenvalue weighted by atomic mass is 9.76. The molecule has 5 rings (SSSR count). The highest BCUT2D eigenvalue weighted by Crippen LogP contribution is 2.46. The third-order valence-corrected chi connectivity index (χ3v) is 8.74. The highest BCUT2D eigenvalue weighted by molar-refractivity contribution is 7.91. The van der Waals surface area contributed by atoms with E-state index in [0.29, 0.717) is 25.4 Å². The molecule has 1 amide bonds. The van der Waals surface area contributed by atoms with Gasteiger partial charge in [-0.1, -0.05) is 0 Å². The number of amides is 1. The zero-order valence-electron chi connectivity index (χ0n) is 15.4. The van der Waals surface area contributed by atoms with Crippen molar-refractivity contribution >= 4 is 15.7 Å². The number of H-pyrrole nitrogens is 1. The average molecular weight is 391 g/mol. The maximum atomic E-state index is 12.7. The minimum atomic E-state index is -3.05. The van der Waals surface area contributed by atoms with Crippen LogP contribution in [0.3, 0.4) is 0 Å². The zero-order chi connectivity index (χ0) is 18.8. The van der Waals surface area contributed by atoms with Gasteiger partial charge in [-0.05, 0) is 44.9 Å². The summed E-state index contributed by atoms with van der Waals surface area (Å²) in [5.74, 6) is 0.994. The molecule has 4 aliphatic rings. The summed E-state index contributed by atoms with van der Waals surface area (Å²) in [4.78, 5) is 34.9. The average Bonchev–Trinajstić information content (AvgIpc) is 3.35. The van der Waals surface area contributed by atoms with E-state index in [4.69, 9.17) is 4.98 Å². The molecule has 146 valence electrons. The lowest BCUT2D eigenvalue weighted by Crippen LogP contribution is -2.47. The Bertz CT molecular complexity index is 956. The van der Waals surface area contributed by atoms with Gasteiger partial charge in [0.15, 0.2) is 9.84 Å². The van der Waals surface area contributed by atoms with E-state index in [0.717, 1.165) is 55.6 Å². The minimum absolute atomic E-state index is 0.00199. The molecule has 2 aliphatic carbocycles. The summed E-state index contributed by atoms with van der Waals surface area (Å²) in [6, 6.07) is 0. The van der Waals surface area contributed by atoms with E-state index in [-0.39, 0.29) is 34.3 Å². The third-order valence-electron chi connectivity index (χ3n) is 6.97. The second kappa shape index (κ2) is 5.90. The van der Waals surface area contributed by atoms with E-state index < -0.39 is 9.84 Å². The van der Waals surface area contributed by atoms with Gasteiger partial charge in [0.1, 0.15) is 5.82 Å². The van der Waals surface area contributed by atoms with Gasteiger partial charge in [-0.25, -0.2) is 13.4 Å². The number of carbonyl (C=O) groups is 1. The van der Waals surface area contributed by atoms with Gasteiger partial charge in [0, 0.05) is 30.0 Å². The van der Waals surface area contributed by atoms with Crippen LogP contribution in [0.25, 0.3) is 0 Å². The van der Waals surface area contributed by atoms with Gasteiger partial charge >= 0.3 is 0 Å². The lowest BCUT2D eigenvalue weighted by Gasteiger charge is -2.40. The molecule has 3 heterocycles. The van der Waals surface area contributed by atoms with Crippen LogP contribution in [0.15, 0.2) is 4.79 Å². The second-order valence-electron chi connectivity index (χ2n) is 8.76. The first kappa shape index (κ1) is 17.4. The fraction of sp³-hybridized carbons (Fsp3) is 0.737. The quantitative estimate of drug-likeness (QED) is 0.807. The van der Waals surface area contributed by atoms with Crippen molar-refractivity contribution in [2.24, 2.45) is 5.92 Å². The van der Waals surface area contributed by atoms with E-state index >= 15 is 0 Å². The van der Waals surface area contributed by atoms with Crippen LogP contribution in [0.5, 0.6) is 0 Å². The van der Waals surface area contributed by atoms with Gasteiger partial charge in [0.25, 0.3) is 5.56 Å². The molecule has 1 unspecified atom stereocenters. The second-order valence-corrected chi connectivity index (χ2v) is 11.0. The molecule has 0 aromatic carbocycles. The molecule has 1 aromatic rings. The van der Waals surface area contributed by atoms with Crippen LogP contribution in [-0.4, -0.2) is 53.8 Å². The van der Waals surface area contributed by atoms with Crippen molar-refractivity contribution in [3.8, 4) is 0 Å². The molecule has 7 nitrogen and oxygen atoms in total. The van der Waals surface area contributed by atoms with E-state index in [1.165, 1.54) is 0 Å². The molecule has 2 saturated heterocycles. The van der Waals surface area contributed by atoms with E-state index in [2.05, 4.69) is 4.98 Å². The summed E-state index contributed by atoms with van der Waals surface area (Å²) in [5.41, 5.74) is 1.74. The van der Waals surface area contributed by atoms with Crippen molar-refractivity contribution in [2.75, 3.05) is 24.6 Å². The first-order valence-electron chi connectivity index (χ1n) is 10.00. The Morgan fingerprint density at radius 3 is 2.52 bits per heavy atom.